The summed E-state index contributed by atoms with van der Waals surface area (Å²) >= 11 is 1.42. The van der Waals surface area contributed by atoms with Crippen LogP contribution in [0, 0.1) is 6.92 Å². The van der Waals surface area contributed by atoms with E-state index in [2.05, 4.69) is 4.98 Å². The number of fused-ring (bicyclic) bond motifs is 1. The minimum atomic E-state index is -1.30. The molecular formula is C28H29NO12S. The van der Waals surface area contributed by atoms with Gasteiger partial charge in [-0.3, -0.25) is 24.0 Å². The van der Waals surface area contributed by atoms with Gasteiger partial charge in [-0.15, -0.1) is 11.3 Å². The van der Waals surface area contributed by atoms with Crippen molar-refractivity contribution < 1.29 is 52.0 Å². The standard InChI is InChI=1S/C28H29NO12S/c1-13-29-21(12-42-13)20-9-37-22-8-18(6-7-19(22)25(20)34)36-11-24-27(39-16(4)32)28(40-17(5)33)26(38-15(3)31)23(41-24)10-35-14(2)30/h6-9,12,23-24,26-28H,10-11H2,1-5H3/t23-,24+,26+,27-,28-/m0/s1. The molecule has 1 fully saturated rings. The molecule has 2 aromatic heterocycles. The predicted molar refractivity (Wildman–Crippen MR) is 146 cm³/mol. The molecule has 1 aliphatic rings. The Bertz CT molecular complexity index is 1550. The number of hydrogen-bond donors (Lipinski definition) is 0. The molecule has 3 aromatic rings. The number of carbonyl (C=O) groups excluding carboxylic acids is 4. The number of esters is 4. The van der Waals surface area contributed by atoms with Crippen molar-refractivity contribution in [2.75, 3.05) is 13.2 Å². The molecule has 0 spiro atoms. The first-order chi connectivity index (χ1) is 19.9. The quantitative estimate of drug-likeness (QED) is 0.259. The van der Waals surface area contributed by atoms with Gasteiger partial charge in [0.1, 0.15) is 43.0 Å². The van der Waals surface area contributed by atoms with E-state index in [0.29, 0.717) is 16.6 Å². The molecular weight excluding hydrogens is 574 g/mol. The summed E-state index contributed by atoms with van der Waals surface area (Å²) in [5, 5.41) is 2.91. The van der Waals surface area contributed by atoms with Gasteiger partial charge >= 0.3 is 23.9 Å². The molecule has 0 radical (unpaired) electrons. The van der Waals surface area contributed by atoms with E-state index in [1.807, 2.05) is 6.92 Å². The number of benzene rings is 1. The van der Waals surface area contributed by atoms with E-state index in [4.69, 9.17) is 32.8 Å². The summed E-state index contributed by atoms with van der Waals surface area (Å²) in [5.74, 6) is -2.51. The molecule has 0 saturated carbocycles. The molecule has 0 bridgehead atoms. The van der Waals surface area contributed by atoms with Gasteiger partial charge in [0.2, 0.25) is 5.43 Å². The molecule has 1 aromatic carbocycles. The van der Waals surface area contributed by atoms with Gasteiger partial charge in [0.05, 0.1) is 21.7 Å². The lowest BCUT2D eigenvalue weighted by molar-refractivity contribution is -0.255. The highest BCUT2D eigenvalue weighted by Gasteiger charge is 2.52. The highest BCUT2D eigenvalue weighted by atomic mass is 32.1. The molecule has 4 rings (SSSR count). The normalized spacial score (nSPS) is 21.8. The number of hydrogen-bond acceptors (Lipinski definition) is 14. The molecule has 1 saturated heterocycles. The summed E-state index contributed by atoms with van der Waals surface area (Å²) in [7, 11) is 0. The molecule has 0 aliphatic carbocycles. The highest BCUT2D eigenvalue weighted by Crippen LogP contribution is 2.31. The Hall–Kier alpha value is -4.30. The number of ether oxygens (including phenoxy) is 6. The lowest BCUT2D eigenvalue weighted by Gasteiger charge is -2.44. The Labute approximate surface area is 243 Å². The van der Waals surface area contributed by atoms with E-state index in [1.165, 1.54) is 30.6 Å². The van der Waals surface area contributed by atoms with Crippen molar-refractivity contribution >= 4 is 46.2 Å². The lowest BCUT2D eigenvalue weighted by atomic mass is 9.94. The van der Waals surface area contributed by atoms with Crippen molar-refractivity contribution in [2.45, 2.75) is 65.1 Å². The van der Waals surface area contributed by atoms with Gasteiger partial charge in [-0.05, 0) is 19.1 Å². The highest BCUT2D eigenvalue weighted by molar-refractivity contribution is 7.09. The third-order valence-electron chi connectivity index (χ3n) is 6.14. The molecule has 13 nitrogen and oxygen atoms in total. The van der Waals surface area contributed by atoms with Crippen LogP contribution in [0.15, 0.2) is 39.1 Å². The van der Waals surface area contributed by atoms with Crippen LogP contribution in [0.3, 0.4) is 0 Å². The first-order valence-corrected chi connectivity index (χ1v) is 13.7. The van der Waals surface area contributed by atoms with E-state index in [-0.39, 0.29) is 30.0 Å². The van der Waals surface area contributed by atoms with Crippen molar-refractivity contribution in [1.29, 1.82) is 0 Å². The molecule has 3 heterocycles. The van der Waals surface area contributed by atoms with E-state index in [0.717, 1.165) is 25.8 Å². The van der Waals surface area contributed by atoms with Gasteiger partial charge in [-0.1, -0.05) is 0 Å². The molecule has 42 heavy (non-hydrogen) atoms. The second-order valence-corrected chi connectivity index (χ2v) is 10.5. The third kappa shape index (κ3) is 7.31. The number of rotatable bonds is 9. The third-order valence-corrected chi connectivity index (χ3v) is 6.92. The Kier molecular flexibility index (Phi) is 9.58. The first kappa shape index (κ1) is 30.7. The van der Waals surface area contributed by atoms with Gasteiger partial charge in [-0.2, -0.15) is 0 Å². The van der Waals surface area contributed by atoms with Crippen LogP contribution in [0.5, 0.6) is 5.75 Å². The topological polar surface area (TPSA) is 167 Å². The number of aryl methyl sites for hydroxylation is 1. The van der Waals surface area contributed by atoms with Gasteiger partial charge < -0.3 is 32.8 Å². The van der Waals surface area contributed by atoms with Crippen molar-refractivity contribution in [3.8, 4) is 17.0 Å². The lowest BCUT2D eigenvalue weighted by Crippen LogP contribution is -2.63. The van der Waals surface area contributed by atoms with Crippen molar-refractivity contribution in [3.05, 3.63) is 45.1 Å². The number of nitrogens with zero attached hydrogens (tertiary/aromatic N) is 1. The summed E-state index contributed by atoms with van der Waals surface area (Å²) in [6.45, 7) is 5.87. The summed E-state index contributed by atoms with van der Waals surface area (Å²) in [5.41, 5.74) is 0.859. The fraction of sp³-hybridized carbons (Fsp3) is 0.429. The molecule has 1 aliphatic heterocycles. The summed E-state index contributed by atoms with van der Waals surface area (Å²) in [6, 6.07) is 4.62. The van der Waals surface area contributed by atoms with Crippen LogP contribution in [0.4, 0.5) is 0 Å². The van der Waals surface area contributed by atoms with E-state index >= 15 is 0 Å². The van der Waals surface area contributed by atoms with E-state index in [9.17, 15) is 24.0 Å². The Balaban J connectivity index is 1.61. The van der Waals surface area contributed by atoms with Crippen LogP contribution in [0.2, 0.25) is 0 Å². The molecule has 14 heteroatoms. The smallest absolute Gasteiger partial charge is 0.303 e. The largest absolute Gasteiger partial charge is 0.491 e. The first-order valence-electron chi connectivity index (χ1n) is 12.8. The minimum Gasteiger partial charge on any atom is -0.491 e. The predicted octanol–water partition coefficient (Wildman–Crippen LogP) is 2.73. The van der Waals surface area contributed by atoms with Gasteiger partial charge in [0.25, 0.3) is 0 Å². The second-order valence-electron chi connectivity index (χ2n) is 9.44. The van der Waals surface area contributed by atoms with Gasteiger partial charge in [0, 0.05) is 39.1 Å². The van der Waals surface area contributed by atoms with Crippen LogP contribution in [0.25, 0.3) is 22.2 Å². The summed E-state index contributed by atoms with van der Waals surface area (Å²) in [6.07, 6.45) is -4.65. The Morgan fingerprint density at radius 2 is 1.50 bits per heavy atom. The number of aromatic nitrogens is 1. The van der Waals surface area contributed by atoms with Crippen molar-refractivity contribution in [2.24, 2.45) is 0 Å². The zero-order chi connectivity index (χ0) is 30.6. The fourth-order valence-electron chi connectivity index (χ4n) is 4.49. The van der Waals surface area contributed by atoms with Gasteiger partial charge in [-0.25, -0.2) is 4.98 Å². The molecule has 0 unspecified atom stereocenters. The summed E-state index contributed by atoms with van der Waals surface area (Å²) < 4.78 is 39.0. The maximum Gasteiger partial charge on any atom is 0.303 e. The van der Waals surface area contributed by atoms with E-state index < -0.39 is 54.4 Å². The molecule has 224 valence electrons. The van der Waals surface area contributed by atoms with E-state index in [1.54, 1.807) is 17.5 Å². The summed E-state index contributed by atoms with van der Waals surface area (Å²) in [4.78, 5) is 64.8. The van der Waals surface area contributed by atoms with Crippen molar-refractivity contribution in [3.63, 3.8) is 0 Å². The molecule has 0 amide bonds. The minimum absolute atomic E-state index is 0.245. The van der Waals surface area contributed by atoms with Gasteiger partial charge in [0.15, 0.2) is 18.3 Å². The second kappa shape index (κ2) is 13.1. The molecule has 5 atom stereocenters. The Morgan fingerprint density at radius 1 is 0.881 bits per heavy atom. The van der Waals surface area contributed by atoms with Crippen LogP contribution < -0.4 is 10.2 Å². The maximum absolute atomic E-state index is 13.1. The fourth-order valence-corrected chi connectivity index (χ4v) is 5.11. The Morgan fingerprint density at radius 3 is 2.07 bits per heavy atom. The average molecular weight is 604 g/mol. The van der Waals surface area contributed by atoms with Crippen LogP contribution in [-0.4, -0.2) is 72.6 Å². The van der Waals surface area contributed by atoms with Crippen LogP contribution in [0.1, 0.15) is 32.7 Å². The zero-order valence-corrected chi connectivity index (χ0v) is 24.3. The maximum atomic E-state index is 13.1. The SMILES string of the molecule is CC(=O)OC[C@@H]1O[C@H](COc2ccc3c(=O)c(-c4csc(C)n4)coc3c2)[C@H](OC(C)=O)[C@@H](OC(C)=O)[C@@H]1OC(C)=O. The molecule has 0 N–H and O–H groups in total. The monoisotopic (exact) mass is 603 g/mol. The van der Waals surface area contributed by atoms with Crippen molar-refractivity contribution in [1.82, 2.24) is 4.98 Å². The number of carbonyl (C=O) groups is 4. The van der Waals surface area contributed by atoms with Crippen LogP contribution in [-0.2, 0) is 42.9 Å². The zero-order valence-electron chi connectivity index (χ0n) is 23.4. The average Bonchev–Trinajstić information content (AvgIpc) is 3.34. The number of thiazole rings is 1. The van der Waals surface area contributed by atoms with Crippen LogP contribution >= 0.6 is 11.3 Å².